The highest BCUT2D eigenvalue weighted by molar-refractivity contribution is 5.78. The molecule has 0 aliphatic carbocycles. The number of aliphatic hydroxyl groups is 1. The van der Waals surface area contributed by atoms with Gasteiger partial charge < -0.3 is 14.6 Å². The van der Waals surface area contributed by atoms with Crippen LogP contribution in [0.4, 0.5) is 13.2 Å². The highest BCUT2D eigenvalue weighted by Gasteiger charge is 2.44. The molecule has 7 heteroatoms. The van der Waals surface area contributed by atoms with Crippen molar-refractivity contribution in [2.45, 2.75) is 31.7 Å². The number of aliphatic hydroxyl groups excluding tert-OH is 1. The number of benzene rings is 2. The number of para-hydroxylation sites is 1. The van der Waals surface area contributed by atoms with E-state index in [0.29, 0.717) is 11.4 Å². The number of aromatic nitrogens is 1. The van der Waals surface area contributed by atoms with Crippen LogP contribution in [0.1, 0.15) is 24.1 Å². The van der Waals surface area contributed by atoms with Gasteiger partial charge in [-0.1, -0.05) is 30.3 Å². The Morgan fingerprint density at radius 1 is 1.04 bits per heavy atom. The maximum atomic E-state index is 13.2. The minimum Gasteiger partial charge on any atom is -0.493 e. The summed E-state index contributed by atoms with van der Waals surface area (Å²) >= 11 is 0. The number of hydrogen-bond acceptors (Lipinski definition) is 4. The van der Waals surface area contributed by atoms with Gasteiger partial charge in [0, 0.05) is 5.39 Å². The van der Waals surface area contributed by atoms with Gasteiger partial charge in [0.1, 0.15) is 12.5 Å². The molecule has 3 aromatic rings. The summed E-state index contributed by atoms with van der Waals surface area (Å²) in [6.45, 7) is 1.25. The van der Waals surface area contributed by atoms with Gasteiger partial charge in [0.2, 0.25) is 0 Å². The molecular formula is C21H20F3NO3. The summed E-state index contributed by atoms with van der Waals surface area (Å²) in [6, 6.07) is 15.4. The largest absolute Gasteiger partial charge is 0.493 e. The quantitative estimate of drug-likeness (QED) is 0.653. The van der Waals surface area contributed by atoms with Gasteiger partial charge in [0.05, 0.1) is 24.4 Å². The van der Waals surface area contributed by atoms with E-state index in [1.54, 1.807) is 0 Å². The van der Waals surface area contributed by atoms with E-state index in [2.05, 4.69) is 4.98 Å². The van der Waals surface area contributed by atoms with Crippen LogP contribution in [-0.2, 0) is 6.61 Å². The minimum atomic E-state index is -4.57. The zero-order valence-electron chi connectivity index (χ0n) is 15.4. The normalized spacial score (nSPS) is 13.9. The van der Waals surface area contributed by atoms with Crippen molar-refractivity contribution in [1.82, 2.24) is 4.98 Å². The second-order valence-corrected chi connectivity index (χ2v) is 6.45. The van der Waals surface area contributed by atoms with Gasteiger partial charge in [0.15, 0.2) is 11.5 Å². The van der Waals surface area contributed by atoms with Crippen molar-refractivity contribution in [3.8, 4) is 11.5 Å². The molecule has 2 atom stereocenters. The van der Waals surface area contributed by atoms with Crippen molar-refractivity contribution < 1.29 is 27.8 Å². The third kappa shape index (κ3) is 4.36. The molecular weight excluding hydrogens is 371 g/mol. The van der Waals surface area contributed by atoms with Crippen LogP contribution in [0, 0.1) is 0 Å². The maximum absolute atomic E-state index is 13.2. The highest BCUT2D eigenvalue weighted by atomic mass is 19.4. The molecule has 1 heterocycles. The lowest BCUT2D eigenvalue weighted by Gasteiger charge is -2.24. The summed E-state index contributed by atoms with van der Waals surface area (Å²) in [5.41, 5.74) is 1.42. The van der Waals surface area contributed by atoms with E-state index in [1.165, 1.54) is 25.3 Å². The summed E-state index contributed by atoms with van der Waals surface area (Å²) in [5, 5.41) is 10.6. The number of rotatable bonds is 6. The minimum absolute atomic E-state index is 0.0875. The summed E-state index contributed by atoms with van der Waals surface area (Å²) in [4.78, 5) is 4.50. The first-order valence-electron chi connectivity index (χ1n) is 8.70. The van der Waals surface area contributed by atoms with Gasteiger partial charge in [0.25, 0.3) is 0 Å². The lowest BCUT2D eigenvalue weighted by Crippen LogP contribution is -2.30. The van der Waals surface area contributed by atoms with Crippen molar-refractivity contribution in [3.63, 3.8) is 0 Å². The van der Waals surface area contributed by atoms with E-state index in [-0.39, 0.29) is 17.9 Å². The monoisotopic (exact) mass is 391 g/mol. The standard InChI is InChI=1S/C21H20F3NO3/c1-13(26)20(21(22,23)24)15-8-10-18(19(11-15)27-2)28-12-16-9-7-14-5-3-4-6-17(14)25-16/h3-11,13,20,26H,12H2,1-2H3. The third-order valence-electron chi connectivity index (χ3n) is 4.41. The van der Waals surface area contributed by atoms with E-state index >= 15 is 0 Å². The van der Waals surface area contributed by atoms with Crippen LogP contribution in [0.25, 0.3) is 10.9 Å². The molecule has 1 N–H and O–H groups in total. The van der Waals surface area contributed by atoms with Crippen LogP contribution in [0.5, 0.6) is 11.5 Å². The predicted molar refractivity (Wildman–Crippen MR) is 99.5 cm³/mol. The van der Waals surface area contributed by atoms with Crippen LogP contribution in [0.2, 0.25) is 0 Å². The lowest BCUT2D eigenvalue weighted by atomic mass is 9.93. The lowest BCUT2D eigenvalue weighted by molar-refractivity contribution is -0.170. The van der Waals surface area contributed by atoms with E-state index in [0.717, 1.165) is 17.8 Å². The van der Waals surface area contributed by atoms with Crippen LogP contribution < -0.4 is 9.47 Å². The smallest absolute Gasteiger partial charge is 0.398 e. The number of ether oxygens (including phenoxy) is 2. The first kappa shape index (κ1) is 19.9. The summed E-state index contributed by atoms with van der Waals surface area (Å²) in [5.74, 6) is -1.54. The molecule has 2 unspecified atom stereocenters. The Kier molecular flexibility index (Phi) is 5.74. The Bertz CT molecular complexity index is 957. The summed E-state index contributed by atoms with van der Waals surface area (Å²) < 4.78 is 50.7. The molecule has 28 heavy (non-hydrogen) atoms. The fraction of sp³-hybridized carbons (Fsp3) is 0.286. The second kappa shape index (κ2) is 8.06. The number of halogens is 3. The van der Waals surface area contributed by atoms with Crippen LogP contribution >= 0.6 is 0 Å². The first-order chi connectivity index (χ1) is 13.3. The number of hydrogen-bond donors (Lipinski definition) is 1. The van der Waals surface area contributed by atoms with E-state index in [1.807, 2.05) is 36.4 Å². The molecule has 2 aromatic carbocycles. The molecule has 4 nitrogen and oxygen atoms in total. The Balaban J connectivity index is 1.82. The Hall–Kier alpha value is -2.80. The van der Waals surface area contributed by atoms with E-state index in [9.17, 15) is 18.3 Å². The average Bonchev–Trinajstić information content (AvgIpc) is 2.65. The number of alkyl halides is 3. The average molecular weight is 391 g/mol. The predicted octanol–water partition coefficient (Wildman–Crippen LogP) is 4.85. The Labute approximate surface area is 160 Å². The molecule has 3 rings (SSSR count). The number of methoxy groups -OCH3 is 1. The molecule has 1 aromatic heterocycles. The fourth-order valence-corrected chi connectivity index (χ4v) is 3.08. The first-order valence-corrected chi connectivity index (χ1v) is 8.70. The molecule has 0 aliphatic rings. The zero-order valence-corrected chi connectivity index (χ0v) is 15.4. The van der Waals surface area contributed by atoms with Crippen molar-refractivity contribution in [3.05, 3.63) is 65.9 Å². The van der Waals surface area contributed by atoms with Gasteiger partial charge in [-0.2, -0.15) is 13.2 Å². The molecule has 0 spiro atoms. The number of fused-ring (bicyclic) bond motifs is 1. The van der Waals surface area contributed by atoms with Crippen molar-refractivity contribution >= 4 is 10.9 Å². The molecule has 0 radical (unpaired) electrons. The SMILES string of the molecule is COc1cc(C(C(C)O)C(F)(F)F)ccc1OCc1ccc2ccccc2n1. The van der Waals surface area contributed by atoms with Gasteiger partial charge in [-0.05, 0) is 36.8 Å². The van der Waals surface area contributed by atoms with Gasteiger partial charge in [-0.25, -0.2) is 4.98 Å². The molecule has 0 amide bonds. The molecule has 148 valence electrons. The zero-order chi connectivity index (χ0) is 20.3. The summed E-state index contributed by atoms with van der Waals surface area (Å²) in [7, 11) is 1.35. The molecule has 0 saturated heterocycles. The number of nitrogens with zero attached hydrogens (tertiary/aromatic N) is 1. The topological polar surface area (TPSA) is 51.6 Å². The highest BCUT2D eigenvalue weighted by Crippen LogP contribution is 2.40. The third-order valence-corrected chi connectivity index (χ3v) is 4.41. The van der Waals surface area contributed by atoms with Gasteiger partial charge in [-0.3, -0.25) is 0 Å². The van der Waals surface area contributed by atoms with Crippen molar-refractivity contribution in [2.24, 2.45) is 0 Å². The number of pyridine rings is 1. The molecule has 0 saturated carbocycles. The van der Waals surface area contributed by atoms with Crippen LogP contribution in [0.3, 0.4) is 0 Å². The second-order valence-electron chi connectivity index (χ2n) is 6.45. The van der Waals surface area contributed by atoms with Crippen LogP contribution in [0.15, 0.2) is 54.6 Å². The van der Waals surface area contributed by atoms with Crippen LogP contribution in [-0.4, -0.2) is 29.5 Å². The van der Waals surface area contributed by atoms with Gasteiger partial charge >= 0.3 is 6.18 Å². The summed E-state index contributed by atoms with van der Waals surface area (Å²) in [6.07, 6.45) is -6.16. The Morgan fingerprint density at radius 3 is 2.46 bits per heavy atom. The van der Waals surface area contributed by atoms with Gasteiger partial charge in [-0.15, -0.1) is 0 Å². The maximum Gasteiger partial charge on any atom is 0.398 e. The van der Waals surface area contributed by atoms with Crippen molar-refractivity contribution in [1.29, 1.82) is 0 Å². The molecule has 0 fully saturated rings. The Morgan fingerprint density at radius 2 is 1.79 bits per heavy atom. The fourth-order valence-electron chi connectivity index (χ4n) is 3.08. The molecule has 0 bridgehead atoms. The van der Waals surface area contributed by atoms with E-state index in [4.69, 9.17) is 9.47 Å². The molecule has 0 aliphatic heterocycles. The van der Waals surface area contributed by atoms with E-state index < -0.39 is 18.2 Å². The van der Waals surface area contributed by atoms with Crippen molar-refractivity contribution in [2.75, 3.05) is 7.11 Å².